The Labute approximate surface area is 86.7 Å². The highest BCUT2D eigenvalue weighted by atomic mass is 35.5. The monoisotopic (exact) mass is 226 g/mol. The molecule has 5 heteroatoms. The van der Waals surface area contributed by atoms with E-state index in [-0.39, 0.29) is 5.00 Å². The van der Waals surface area contributed by atoms with Gasteiger partial charge in [-0.25, -0.2) is 0 Å². The minimum absolute atomic E-state index is 0.146. The molecular formula is C8H19ClO3Si. The van der Waals surface area contributed by atoms with E-state index in [4.69, 9.17) is 24.9 Å². The van der Waals surface area contributed by atoms with E-state index in [0.717, 1.165) is 19.3 Å². The van der Waals surface area contributed by atoms with Crippen molar-refractivity contribution in [2.75, 3.05) is 21.3 Å². The van der Waals surface area contributed by atoms with E-state index in [9.17, 15) is 0 Å². The average molecular weight is 227 g/mol. The van der Waals surface area contributed by atoms with E-state index in [1.54, 1.807) is 21.3 Å². The Morgan fingerprint density at radius 3 is 1.92 bits per heavy atom. The largest absolute Gasteiger partial charge is 0.518 e. The molecule has 0 aromatic heterocycles. The van der Waals surface area contributed by atoms with Gasteiger partial charge in [-0.3, -0.25) is 0 Å². The zero-order valence-electron chi connectivity index (χ0n) is 8.80. The summed E-state index contributed by atoms with van der Waals surface area (Å²) in [5.41, 5.74) is 0. The highest BCUT2D eigenvalue weighted by Gasteiger charge is 2.45. The van der Waals surface area contributed by atoms with Gasteiger partial charge in [0.05, 0.1) is 0 Å². The van der Waals surface area contributed by atoms with E-state index in [2.05, 4.69) is 6.92 Å². The summed E-state index contributed by atoms with van der Waals surface area (Å²) >= 11 is 6.17. The van der Waals surface area contributed by atoms with Crippen LogP contribution in [0.5, 0.6) is 0 Å². The number of rotatable bonds is 7. The highest BCUT2D eigenvalue weighted by molar-refractivity contribution is 6.71. The van der Waals surface area contributed by atoms with Gasteiger partial charge in [0.15, 0.2) is 0 Å². The molecule has 0 aliphatic heterocycles. The van der Waals surface area contributed by atoms with Crippen molar-refractivity contribution in [1.82, 2.24) is 0 Å². The maximum absolute atomic E-state index is 6.17. The van der Waals surface area contributed by atoms with Gasteiger partial charge in [-0.15, -0.1) is 11.6 Å². The molecule has 1 unspecified atom stereocenters. The van der Waals surface area contributed by atoms with Crippen molar-refractivity contribution in [1.29, 1.82) is 0 Å². The van der Waals surface area contributed by atoms with Crippen LogP contribution in [0.15, 0.2) is 0 Å². The smallest absolute Gasteiger partial charge is 0.376 e. The second-order valence-electron chi connectivity index (χ2n) is 2.83. The van der Waals surface area contributed by atoms with Gasteiger partial charge in [-0.2, -0.15) is 0 Å². The Hall–Kier alpha value is 0.387. The SMILES string of the molecule is CCCCC(Cl)[Si](OC)(OC)OC. The fourth-order valence-electron chi connectivity index (χ4n) is 1.19. The van der Waals surface area contributed by atoms with Gasteiger partial charge >= 0.3 is 8.80 Å². The summed E-state index contributed by atoms with van der Waals surface area (Å²) in [6.07, 6.45) is 3.06. The summed E-state index contributed by atoms with van der Waals surface area (Å²) in [5.74, 6) is 0. The zero-order chi connectivity index (χ0) is 10.3. The lowest BCUT2D eigenvalue weighted by molar-refractivity contribution is 0.119. The molecule has 0 aromatic carbocycles. The number of hydrogen-bond acceptors (Lipinski definition) is 3. The molecule has 0 radical (unpaired) electrons. The van der Waals surface area contributed by atoms with Crippen LogP contribution in [0.4, 0.5) is 0 Å². The van der Waals surface area contributed by atoms with Crippen molar-refractivity contribution in [2.45, 2.75) is 31.2 Å². The number of unbranched alkanes of at least 4 members (excludes halogenated alkanes) is 1. The number of halogens is 1. The van der Waals surface area contributed by atoms with Gasteiger partial charge in [0.25, 0.3) is 0 Å². The third kappa shape index (κ3) is 3.56. The first kappa shape index (κ1) is 13.4. The van der Waals surface area contributed by atoms with E-state index >= 15 is 0 Å². The minimum atomic E-state index is -2.59. The summed E-state index contributed by atoms with van der Waals surface area (Å²) < 4.78 is 15.8. The van der Waals surface area contributed by atoms with Gasteiger partial charge in [-0.05, 0) is 6.42 Å². The maximum Gasteiger partial charge on any atom is 0.518 e. The molecular weight excluding hydrogens is 208 g/mol. The zero-order valence-corrected chi connectivity index (χ0v) is 10.6. The Morgan fingerprint density at radius 1 is 1.15 bits per heavy atom. The molecule has 0 fully saturated rings. The lowest BCUT2D eigenvalue weighted by atomic mass is 10.3. The Balaban J connectivity index is 4.17. The van der Waals surface area contributed by atoms with Crippen LogP contribution in [-0.2, 0) is 13.3 Å². The summed E-state index contributed by atoms with van der Waals surface area (Å²) in [5, 5.41) is -0.146. The predicted molar refractivity (Wildman–Crippen MR) is 55.9 cm³/mol. The molecule has 3 nitrogen and oxygen atoms in total. The van der Waals surface area contributed by atoms with Gasteiger partial charge in [-0.1, -0.05) is 19.8 Å². The number of hydrogen-bond donors (Lipinski definition) is 0. The van der Waals surface area contributed by atoms with Crippen molar-refractivity contribution in [3.8, 4) is 0 Å². The van der Waals surface area contributed by atoms with E-state index in [1.165, 1.54) is 0 Å². The molecule has 0 aliphatic rings. The lowest BCUT2D eigenvalue weighted by Gasteiger charge is -2.28. The quantitative estimate of drug-likeness (QED) is 0.492. The van der Waals surface area contributed by atoms with Gasteiger partial charge in [0, 0.05) is 21.3 Å². The third-order valence-electron chi connectivity index (χ3n) is 2.05. The Morgan fingerprint density at radius 2 is 1.62 bits per heavy atom. The predicted octanol–water partition coefficient (Wildman–Crippen LogP) is 2.20. The first-order chi connectivity index (χ1) is 6.16. The van der Waals surface area contributed by atoms with Crippen LogP contribution in [0.3, 0.4) is 0 Å². The molecule has 0 aliphatic carbocycles. The van der Waals surface area contributed by atoms with Crippen LogP contribution in [0.1, 0.15) is 26.2 Å². The van der Waals surface area contributed by atoms with Gasteiger partial charge in [0.2, 0.25) is 0 Å². The van der Waals surface area contributed by atoms with Crippen LogP contribution < -0.4 is 0 Å². The molecule has 0 N–H and O–H groups in total. The molecule has 13 heavy (non-hydrogen) atoms. The lowest BCUT2D eigenvalue weighted by Crippen LogP contribution is -2.51. The van der Waals surface area contributed by atoms with E-state index in [1.807, 2.05) is 0 Å². The van der Waals surface area contributed by atoms with Crippen molar-refractivity contribution < 1.29 is 13.3 Å². The molecule has 1 atom stereocenters. The molecule has 0 saturated heterocycles. The molecule has 80 valence electrons. The summed E-state index contributed by atoms with van der Waals surface area (Å²) in [6, 6.07) is 0. The molecule has 0 heterocycles. The second-order valence-corrected chi connectivity index (χ2v) is 6.85. The molecule has 0 rings (SSSR count). The topological polar surface area (TPSA) is 27.7 Å². The van der Waals surface area contributed by atoms with Crippen LogP contribution in [0, 0.1) is 0 Å². The molecule has 0 amide bonds. The van der Waals surface area contributed by atoms with Crippen molar-refractivity contribution in [3.63, 3.8) is 0 Å². The molecule has 0 spiro atoms. The van der Waals surface area contributed by atoms with Crippen molar-refractivity contribution in [2.24, 2.45) is 0 Å². The Kier molecular flexibility index (Phi) is 6.99. The standard InChI is InChI=1S/C8H19ClO3Si/c1-5-6-7-8(9)13(10-2,11-3)12-4/h8H,5-7H2,1-4H3. The first-order valence-corrected chi connectivity index (χ1v) is 6.70. The highest BCUT2D eigenvalue weighted by Crippen LogP contribution is 2.22. The average Bonchev–Trinajstić information content (AvgIpc) is 2.18. The summed E-state index contributed by atoms with van der Waals surface area (Å²) in [7, 11) is 2.16. The van der Waals surface area contributed by atoms with Crippen molar-refractivity contribution in [3.05, 3.63) is 0 Å². The fourth-order valence-corrected chi connectivity index (χ4v) is 3.97. The third-order valence-corrected chi connectivity index (χ3v) is 5.83. The maximum atomic E-state index is 6.17. The van der Waals surface area contributed by atoms with Gasteiger partial charge < -0.3 is 13.3 Å². The van der Waals surface area contributed by atoms with Crippen LogP contribution in [-0.4, -0.2) is 35.1 Å². The summed E-state index contributed by atoms with van der Waals surface area (Å²) in [4.78, 5) is 0. The molecule has 0 saturated carbocycles. The van der Waals surface area contributed by atoms with Crippen LogP contribution in [0.2, 0.25) is 0 Å². The summed E-state index contributed by atoms with van der Waals surface area (Å²) in [6.45, 7) is 2.12. The minimum Gasteiger partial charge on any atom is -0.376 e. The van der Waals surface area contributed by atoms with E-state index < -0.39 is 8.80 Å². The van der Waals surface area contributed by atoms with Crippen LogP contribution >= 0.6 is 11.6 Å². The number of alkyl halides is 1. The first-order valence-electron chi connectivity index (χ1n) is 4.46. The molecule has 0 bridgehead atoms. The normalized spacial score (nSPS) is 14.5. The second kappa shape index (κ2) is 6.78. The molecule has 0 aromatic rings. The van der Waals surface area contributed by atoms with Gasteiger partial charge in [0.1, 0.15) is 5.00 Å². The van der Waals surface area contributed by atoms with Crippen molar-refractivity contribution >= 4 is 20.4 Å². The fraction of sp³-hybridized carbons (Fsp3) is 1.00. The Bertz CT molecular complexity index is 122. The van der Waals surface area contributed by atoms with Crippen LogP contribution in [0.25, 0.3) is 0 Å². The van der Waals surface area contributed by atoms with E-state index in [0.29, 0.717) is 0 Å².